The lowest BCUT2D eigenvalue weighted by Crippen LogP contribution is -2.54. The second kappa shape index (κ2) is 8.40. The Morgan fingerprint density at radius 2 is 2.04 bits per heavy atom. The number of amides is 1. The van der Waals surface area contributed by atoms with E-state index in [-0.39, 0.29) is 23.7 Å². The van der Waals surface area contributed by atoms with E-state index in [0.717, 1.165) is 36.7 Å². The second-order valence-corrected chi connectivity index (χ2v) is 8.43. The largest absolute Gasteiger partial charge is 0.508 e. The number of likely N-dealkylation sites (tertiary alicyclic amines) is 1. The topological polar surface area (TPSA) is 64.6 Å². The van der Waals surface area contributed by atoms with Crippen molar-refractivity contribution in [2.75, 3.05) is 19.6 Å². The molecule has 0 unspecified atom stereocenters. The molecule has 2 aliphatic heterocycles. The molecular weight excluding hydrogens is 326 g/mol. The third-order valence-corrected chi connectivity index (χ3v) is 5.93. The monoisotopic (exact) mass is 359 g/mol. The number of hydrogen-bond acceptors (Lipinski definition) is 4. The fourth-order valence-electron chi connectivity index (χ4n) is 3.92. The van der Waals surface area contributed by atoms with Gasteiger partial charge in [-0.05, 0) is 67.4 Å². The van der Waals surface area contributed by atoms with Crippen molar-refractivity contribution in [3.63, 3.8) is 0 Å². The van der Waals surface area contributed by atoms with E-state index in [1.807, 2.05) is 6.07 Å². The molecule has 1 saturated heterocycles. The van der Waals surface area contributed by atoms with Gasteiger partial charge < -0.3 is 20.6 Å². The van der Waals surface area contributed by atoms with Crippen LogP contribution in [0.5, 0.6) is 5.75 Å². The Hall–Kier alpha value is -1.59. The van der Waals surface area contributed by atoms with Gasteiger partial charge in [0.05, 0.1) is 6.04 Å². The normalized spacial score (nSPS) is 22.8. The van der Waals surface area contributed by atoms with Gasteiger partial charge in [-0.2, -0.15) is 0 Å². The molecule has 144 valence electrons. The molecule has 5 heteroatoms. The molecule has 1 aromatic rings. The number of carbonyl (C=O) groups is 1. The summed E-state index contributed by atoms with van der Waals surface area (Å²) in [6, 6.07) is 5.40. The molecule has 26 heavy (non-hydrogen) atoms. The minimum Gasteiger partial charge on any atom is -0.508 e. The van der Waals surface area contributed by atoms with E-state index in [1.165, 1.54) is 12.8 Å². The highest BCUT2D eigenvalue weighted by Gasteiger charge is 2.28. The predicted octanol–water partition coefficient (Wildman–Crippen LogP) is 2.28. The van der Waals surface area contributed by atoms with Crippen molar-refractivity contribution in [1.82, 2.24) is 15.5 Å². The zero-order valence-electron chi connectivity index (χ0n) is 16.3. The molecule has 3 N–H and O–H groups in total. The summed E-state index contributed by atoms with van der Waals surface area (Å²) in [5, 5.41) is 16.2. The number of rotatable bonds is 5. The fourth-order valence-corrected chi connectivity index (χ4v) is 3.92. The van der Waals surface area contributed by atoms with E-state index in [1.54, 1.807) is 12.1 Å². The number of nitrogens with zero attached hydrogens (tertiary/aromatic N) is 1. The van der Waals surface area contributed by atoms with E-state index in [0.29, 0.717) is 18.9 Å². The van der Waals surface area contributed by atoms with Crippen molar-refractivity contribution in [2.45, 2.75) is 58.7 Å². The first-order chi connectivity index (χ1) is 12.4. The van der Waals surface area contributed by atoms with Crippen molar-refractivity contribution in [1.29, 1.82) is 0 Å². The van der Waals surface area contributed by atoms with Gasteiger partial charge in [0.1, 0.15) is 5.75 Å². The van der Waals surface area contributed by atoms with Crippen LogP contribution < -0.4 is 10.6 Å². The number of carbonyl (C=O) groups excluding carboxylic acids is 1. The maximum absolute atomic E-state index is 12.8. The average molecular weight is 360 g/mol. The van der Waals surface area contributed by atoms with Crippen LogP contribution in [0.25, 0.3) is 0 Å². The van der Waals surface area contributed by atoms with E-state index in [2.05, 4.69) is 36.3 Å². The minimum atomic E-state index is -0.199. The zero-order chi connectivity index (χ0) is 18.7. The summed E-state index contributed by atoms with van der Waals surface area (Å²) >= 11 is 0. The first-order valence-electron chi connectivity index (χ1n) is 9.99. The molecule has 2 aliphatic rings. The van der Waals surface area contributed by atoms with Crippen LogP contribution in [0.4, 0.5) is 0 Å². The first-order valence-corrected chi connectivity index (χ1v) is 9.99. The summed E-state index contributed by atoms with van der Waals surface area (Å²) < 4.78 is 0. The van der Waals surface area contributed by atoms with Crippen molar-refractivity contribution < 1.29 is 9.90 Å². The number of hydrogen-bond donors (Lipinski definition) is 3. The summed E-state index contributed by atoms with van der Waals surface area (Å²) in [4.78, 5) is 15.3. The number of fused-ring (bicyclic) bond motifs is 1. The number of phenols is 1. The Balaban J connectivity index is 1.57. The summed E-state index contributed by atoms with van der Waals surface area (Å²) in [5.41, 5.74) is 2.23. The van der Waals surface area contributed by atoms with Gasteiger partial charge in [-0.25, -0.2) is 0 Å². The molecule has 1 aromatic carbocycles. The molecule has 1 amide bonds. The van der Waals surface area contributed by atoms with Crippen LogP contribution in [0.1, 0.15) is 44.7 Å². The SMILES string of the molecule is CC1CCN(C[C@H](NC(=O)[C@H]2Cc3ccc(O)cc3CN2)C(C)C)CC1. The van der Waals surface area contributed by atoms with E-state index < -0.39 is 0 Å². The quantitative estimate of drug-likeness (QED) is 0.755. The van der Waals surface area contributed by atoms with Crippen LogP contribution in [0.3, 0.4) is 0 Å². The van der Waals surface area contributed by atoms with Crippen LogP contribution in [-0.4, -0.2) is 47.6 Å². The number of phenolic OH excluding ortho intramolecular Hbond substituents is 1. The Kier molecular flexibility index (Phi) is 6.20. The van der Waals surface area contributed by atoms with Gasteiger partial charge >= 0.3 is 0 Å². The summed E-state index contributed by atoms with van der Waals surface area (Å²) in [7, 11) is 0. The molecule has 1 fully saturated rings. The second-order valence-electron chi connectivity index (χ2n) is 8.43. The van der Waals surface area contributed by atoms with Crippen LogP contribution >= 0.6 is 0 Å². The Labute approximate surface area is 157 Å². The van der Waals surface area contributed by atoms with Gasteiger partial charge in [-0.15, -0.1) is 0 Å². The molecule has 3 rings (SSSR count). The third kappa shape index (κ3) is 4.77. The molecule has 2 atom stereocenters. The van der Waals surface area contributed by atoms with Crippen LogP contribution in [0.15, 0.2) is 18.2 Å². The maximum Gasteiger partial charge on any atom is 0.237 e. The predicted molar refractivity (Wildman–Crippen MR) is 104 cm³/mol. The average Bonchev–Trinajstić information content (AvgIpc) is 2.62. The number of benzene rings is 1. The lowest BCUT2D eigenvalue weighted by molar-refractivity contribution is -0.124. The van der Waals surface area contributed by atoms with Crippen molar-refractivity contribution >= 4 is 5.91 Å². The van der Waals surface area contributed by atoms with Crippen molar-refractivity contribution in [2.24, 2.45) is 11.8 Å². The molecule has 0 aliphatic carbocycles. The Bertz CT molecular complexity index is 624. The smallest absolute Gasteiger partial charge is 0.237 e. The van der Waals surface area contributed by atoms with Gasteiger partial charge in [-0.1, -0.05) is 26.8 Å². The number of aromatic hydroxyl groups is 1. The van der Waals surface area contributed by atoms with E-state index >= 15 is 0 Å². The third-order valence-electron chi connectivity index (χ3n) is 5.93. The molecular formula is C21H33N3O2. The summed E-state index contributed by atoms with van der Waals surface area (Å²) in [6.07, 6.45) is 3.19. The lowest BCUT2D eigenvalue weighted by atomic mass is 9.94. The van der Waals surface area contributed by atoms with E-state index in [4.69, 9.17) is 0 Å². The van der Waals surface area contributed by atoms with Gasteiger partial charge in [0.2, 0.25) is 5.91 Å². The highest BCUT2D eigenvalue weighted by atomic mass is 16.3. The van der Waals surface area contributed by atoms with Crippen LogP contribution in [0, 0.1) is 11.8 Å². The van der Waals surface area contributed by atoms with Crippen LogP contribution in [-0.2, 0) is 17.8 Å². The molecule has 0 spiro atoms. The number of nitrogens with one attached hydrogen (secondary N) is 2. The molecule has 0 radical (unpaired) electrons. The van der Waals surface area contributed by atoms with Gasteiger partial charge in [-0.3, -0.25) is 4.79 Å². The Morgan fingerprint density at radius 1 is 1.31 bits per heavy atom. The van der Waals surface area contributed by atoms with Gasteiger partial charge in [0.15, 0.2) is 0 Å². The summed E-state index contributed by atoms with van der Waals surface area (Å²) in [5.74, 6) is 1.60. The standard InChI is InChI=1S/C21H33N3O2/c1-14(2)20(13-24-8-6-15(3)7-9-24)23-21(26)19-11-16-4-5-18(25)10-17(16)12-22-19/h4-5,10,14-15,19-20,22,25H,6-9,11-13H2,1-3H3,(H,23,26)/t19-,20+/m1/s1. The molecule has 2 heterocycles. The fraction of sp³-hybridized carbons (Fsp3) is 0.667. The maximum atomic E-state index is 12.8. The highest BCUT2D eigenvalue weighted by molar-refractivity contribution is 5.82. The van der Waals surface area contributed by atoms with Gasteiger partial charge in [0.25, 0.3) is 0 Å². The van der Waals surface area contributed by atoms with Crippen molar-refractivity contribution in [3.05, 3.63) is 29.3 Å². The van der Waals surface area contributed by atoms with E-state index in [9.17, 15) is 9.90 Å². The summed E-state index contributed by atoms with van der Waals surface area (Å²) in [6.45, 7) is 10.5. The van der Waals surface area contributed by atoms with Crippen LogP contribution in [0.2, 0.25) is 0 Å². The Morgan fingerprint density at radius 3 is 2.73 bits per heavy atom. The minimum absolute atomic E-state index is 0.0906. The molecule has 0 bridgehead atoms. The number of piperidine rings is 1. The lowest BCUT2D eigenvalue weighted by Gasteiger charge is -2.35. The highest BCUT2D eigenvalue weighted by Crippen LogP contribution is 2.22. The van der Waals surface area contributed by atoms with Gasteiger partial charge in [0, 0.05) is 19.1 Å². The molecule has 5 nitrogen and oxygen atoms in total. The zero-order valence-corrected chi connectivity index (χ0v) is 16.3. The molecule has 0 saturated carbocycles. The molecule has 0 aromatic heterocycles. The first kappa shape index (κ1) is 19.2. The van der Waals surface area contributed by atoms with Crippen molar-refractivity contribution in [3.8, 4) is 5.75 Å².